The average molecular weight is 271 g/mol. The minimum absolute atomic E-state index is 0.0294. The smallest absolute Gasteiger partial charge is 0.229 e. The summed E-state index contributed by atoms with van der Waals surface area (Å²) in [5, 5.41) is 3.95. The molecular weight excluding hydrogens is 250 g/mol. The van der Waals surface area contributed by atoms with Gasteiger partial charge in [0.05, 0.1) is 17.1 Å². The number of carbonyl (C=O) groups is 1. The maximum Gasteiger partial charge on any atom is 0.229 e. The van der Waals surface area contributed by atoms with Gasteiger partial charge in [0.15, 0.2) is 0 Å². The lowest BCUT2D eigenvalue weighted by Gasteiger charge is -2.19. The number of nitrogens with one attached hydrogen (secondary N) is 1. The molecule has 0 saturated carbocycles. The molecule has 0 fully saturated rings. The molecule has 2 aromatic rings. The van der Waals surface area contributed by atoms with E-state index in [0.29, 0.717) is 6.54 Å². The van der Waals surface area contributed by atoms with Gasteiger partial charge in [-0.15, -0.1) is 0 Å². The van der Waals surface area contributed by atoms with Gasteiger partial charge in [-0.2, -0.15) is 0 Å². The fourth-order valence-electron chi connectivity index (χ4n) is 2.32. The van der Waals surface area contributed by atoms with Crippen LogP contribution in [0.3, 0.4) is 0 Å². The Balaban J connectivity index is 2.36. The highest BCUT2D eigenvalue weighted by Gasteiger charge is 2.21. The van der Waals surface area contributed by atoms with Crippen molar-refractivity contribution in [1.82, 2.24) is 4.98 Å². The van der Waals surface area contributed by atoms with Crippen LogP contribution in [0.25, 0.3) is 10.9 Å². The van der Waals surface area contributed by atoms with Gasteiger partial charge in [0.25, 0.3) is 0 Å². The monoisotopic (exact) mass is 271 g/mol. The van der Waals surface area contributed by atoms with Gasteiger partial charge in [-0.3, -0.25) is 9.78 Å². The molecule has 1 aromatic carbocycles. The molecule has 4 heteroatoms. The third-order valence-corrected chi connectivity index (χ3v) is 3.50. The number of amides is 1. The van der Waals surface area contributed by atoms with Crippen LogP contribution in [0.1, 0.15) is 19.5 Å². The number of nitrogens with two attached hydrogens (primary N) is 1. The zero-order chi connectivity index (χ0) is 14.7. The van der Waals surface area contributed by atoms with E-state index in [-0.39, 0.29) is 17.7 Å². The zero-order valence-corrected chi connectivity index (χ0v) is 12.2. The number of anilines is 1. The van der Waals surface area contributed by atoms with Crippen LogP contribution < -0.4 is 11.1 Å². The van der Waals surface area contributed by atoms with E-state index < -0.39 is 0 Å². The molecule has 0 radical (unpaired) electrons. The minimum Gasteiger partial charge on any atom is -0.330 e. The highest BCUT2D eigenvalue weighted by atomic mass is 16.1. The molecule has 1 amide bonds. The Morgan fingerprint density at radius 3 is 2.70 bits per heavy atom. The number of fused-ring (bicyclic) bond motifs is 1. The number of pyridine rings is 1. The number of rotatable bonds is 4. The highest BCUT2D eigenvalue weighted by molar-refractivity contribution is 6.01. The predicted molar refractivity (Wildman–Crippen MR) is 82.5 cm³/mol. The Morgan fingerprint density at radius 2 is 2.05 bits per heavy atom. The first-order valence-electron chi connectivity index (χ1n) is 6.90. The summed E-state index contributed by atoms with van der Waals surface area (Å²) in [6, 6.07) is 9.69. The van der Waals surface area contributed by atoms with E-state index in [4.69, 9.17) is 5.73 Å². The first kappa shape index (κ1) is 14.5. The van der Waals surface area contributed by atoms with Crippen molar-refractivity contribution in [3.8, 4) is 0 Å². The maximum absolute atomic E-state index is 12.3. The number of aromatic nitrogens is 1. The summed E-state index contributed by atoms with van der Waals surface area (Å²) in [5.74, 6) is 0.00897. The van der Waals surface area contributed by atoms with Crippen molar-refractivity contribution in [2.24, 2.45) is 17.6 Å². The number of aryl methyl sites for hydroxylation is 1. The van der Waals surface area contributed by atoms with E-state index >= 15 is 0 Å². The van der Waals surface area contributed by atoms with Crippen LogP contribution in [0, 0.1) is 18.8 Å². The maximum atomic E-state index is 12.3. The number of para-hydroxylation sites is 1. The molecule has 4 nitrogen and oxygen atoms in total. The SMILES string of the molecule is Cc1cc(NC(=O)C(CN)C(C)C)c2ccccc2n1. The van der Waals surface area contributed by atoms with Crippen molar-refractivity contribution in [3.05, 3.63) is 36.0 Å². The lowest BCUT2D eigenvalue weighted by Crippen LogP contribution is -2.33. The van der Waals surface area contributed by atoms with Crippen molar-refractivity contribution in [1.29, 1.82) is 0 Å². The summed E-state index contributed by atoms with van der Waals surface area (Å²) in [5.41, 5.74) is 8.27. The molecule has 1 heterocycles. The van der Waals surface area contributed by atoms with Crippen LogP contribution in [-0.4, -0.2) is 17.4 Å². The van der Waals surface area contributed by atoms with Gasteiger partial charge in [0, 0.05) is 17.6 Å². The number of nitrogens with zero attached hydrogens (tertiary/aromatic N) is 1. The molecule has 0 aliphatic carbocycles. The van der Waals surface area contributed by atoms with Crippen molar-refractivity contribution < 1.29 is 4.79 Å². The first-order chi connectivity index (χ1) is 9.52. The van der Waals surface area contributed by atoms with E-state index in [1.165, 1.54) is 0 Å². The standard InChI is InChI=1S/C16H21N3O/c1-10(2)13(9-17)16(20)19-15-8-11(3)18-14-7-5-4-6-12(14)15/h4-8,10,13H,9,17H2,1-3H3,(H,18,19,20). The molecule has 0 aliphatic rings. The third-order valence-electron chi connectivity index (χ3n) is 3.50. The van der Waals surface area contributed by atoms with Gasteiger partial charge >= 0.3 is 0 Å². The summed E-state index contributed by atoms with van der Waals surface area (Å²) in [7, 11) is 0. The second kappa shape index (κ2) is 6.01. The second-order valence-corrected chi connectivity index (χ2v) is 5.40. The van der Waals surface area contributed by atoms with E-state index in [1.54, 1.807) is 0 Å². The lowest BCUT2D eigenvalue weighted by atomic mass is 9.95. The fraction of sp³-hybridized carbons (Fsp3) is 0.375. The molecule has 1 atom stereocenters. The van der Waals surface area contributed by atoms with Crippen molar-refractivity contribution in [3.63, 3.8) is 0 Å². The molecule has 2 rings (SSSR count). The van der Waals surface area contributed by atoms with Crippen molar-refractivity contribution >= 4 is 22.5 Å². The third kappa shape index (κ3) is 2.96. The van der Waals surface area contributed by atoms with Crippen LogP contribution in [0.15, 0.2) is 30.3 Å². The number of hydrogen-bond donors (Lipinski definition) is 2. The topological polar surface area (TPSA) is 68.0 Å². The van der Waals surface area contributed by atoms with Gasteiger partial charge in [0.2, 0.25) is 5.91 Å². The Labute approximate surface area is 119 Å². The first-order valence-corrected chi connectivity index (χ1v) is 6.90. The largest absolute Gasteiger partial charge is 0.330 e. The van der Waals surface area contributed by atoms with E-state index in [0.717, 1.165) is 22.3 Å². The Bertz CT molecular complexity index is 622. The quantitative estimate of drug-likeness (QED) is 0.898. The number of benzene rings is 1. The zero-order valence-electron chi connectivity index (χ0n) is 12.2. The minimum atomic E-state index is -0.178. The summed E-state index contributed by atoms with van der Waals surface area (Å²) in [4.78, 5) is 16.8. The van der Waals surface area contributed by atoms with E-state index in [1.807, 2.05) is 51.1 Å². The number of carbonyl (C=O) groups excluding carboxylic acids is 1. The van der Waals surface area contributed by atoms with Gasteiger partial charge in [-0.1, -0.05) is 32.0 Å². The van der Waals surface area contributed by atoms with Crippen LogP contribution in [0.4, 0.5) is 5.69 Å². The van der Waals surface area contributed by atoms with Crippen LogP contribution in [0.2, 0.25) is 0 Å². The Hall–Kier alpha value is -1.94. The molecule has 3 N–H and O–H groups in total. The molecule has 0 aliphatic heterocycles. The molecule has 1 aromatic heterocycles. The summed E-state index contributed by atoms with van der Waals surface area (Å²) < 4.78 is 0. The van der Waals surface area contributed by atoms with Gasteiger partial charge < -0.3 is 11.1 Å². The van der Waals surface area contributed by atoms with Gasteiger partial charge in [0.1, 0.15) is 0 Å². The molecule has 0 spiro atoms. The van der Waals surface area contributed by atoms with Crippen molar-refractivity contribution in [2.45, 2.75) is 20.8 Å². The molecule has 106 valence electrons. The van der Waals surface area contributed by atoms with Crippen LogP contribution in [-0.2, 0) is 4.79 Å². The molecule has 1 unspecified atom stereocenters. The summed E-state index contributed by atoms with van der Waals surface area (Å²) >= 11 is 0. The summed E-state index contributed by atoms with van der Waals surface area (Å²) in [6.07, 6.45) is 0. The molecular formula is C16H21N3O. The van der Waals surface area contributed by atoms with Crippen molar-refractivity contribution in [2.75, 3.05) is 11.9 Å². The highest BCUT2D eigenvalue weighted by Crippen LogP contribution is 2.24. The Kier molecular flexibility index (Phi) is 4.35. The lowest BCUT2D eigenvalue weighted by molar-refractivity contribution is -0.120. The predicted octanol–water partition coefficient (Wildman–Crippen LogP) is 2.71. The summed E-state index contributed by atoms with van der Waals surface area (Å²) in [6.45, 7) is 6.29. The average Bonchev–Trinajstić information content (AvgIpc) is 2.38. The van der Waals surface area contributed by atoms with Gasteiger partial charge in [-0.05, 0) is 25.0 Å². The van der Waals surface area contributed by atoms with Crippen LogP contribution in [0.5, 0.6) is 0 Å². The molecule has 0 saturated heterocycles. The fourth-order valence-corrected chi connectivity index (χ4v) is 2.32. The second-order valence-electron chi connectivity index (χ2n) is 5.40. The van der Waals surface area contributed by atoms with E-state index in [9.17, 15) is 4.79 Å². The molecule has 20 heavy (non-hydrogen) atoms. The molecule has 0 bridgehead atoms. The van der Waals surface area contributed by atoms with E-state index in [2.05, 4.69) is 10.3 Å². The Morgan fingerprint density at radius 1 is 1.35 bits per heavy atom. The normalized spacial score (nSPS) is 12.7. The van der Waals surface area contributed by atoms with Gasteiger partial charge in [-0.25, -0.2) is 0 Å². The van der Waals surface area contributed by atoms with Crippen LogP contribution >= 0.6 is 0 Å². The number of hydrogen-bond acceptors (Lipinski definition) is 3.